The van der Waals surface area contributed by atoms with E-state index in [0.717, 1.165) is 7.05 Å². The van der Waals surface area contributed by atoms with Gasteiger partial charge in [-0.3, -0.25) is 0 Å². The van der Waals surface area contributed by atoms with Crippen molar-refractivity contribution in [3.63, 3.8) is 0 Å². The molecule has 0 heterocycles. The summed E-state index contributed by atoms with van der Waals surface area (Å²) >= 11 is 0. The van der Waals surface area contributed by atoms with Gasteiger partial charge >= 0.3 is 0 Å². The zero-order chi connectivity index (χ0) is 5.15. The van der Waals surface area contributed by atoms with E-state index in [9.17, 15) is 10.1 Å². The second-order valence-electron chi connectivity index (χ2n) is 0.727. The summed E-state index contributed by atoms with van der Waals surface area (Å²) in [7, 11) is 0.931. The van der Waals surface area contributed by atoms with Crippen molar-refractivity contribution in [2.24, 2.45) is 0 Å². The van der Waals surface area contributed by atoms with Gasteiger partial charge in [0.05, 0.1) is 7.05 Å². The van der Waals surface area contributed by atoms with Gasteiger partial charge in [-0.05, 0) is 0 Å². The first-order valence-electron chi connectivity index (χ1n) is 1.21. The summed E-state index contributed by atoms with van der Waals surface area (Å²) in [6.45, 7) is 0. The number of hydroxylamine groups is 1. The van der Waals surface area contributed by atoms with Crippen LogP contribution in [0.5, 0.6) is 0 Å². The van der Waals surface area contributed by atoms with Gasteiger partial charge < -0.3 is 0 Å². The normalized spacial score (nSPS) is 7.67. The van der Waals surface area contributed by atoms with Crippen molar-refractivity contribution < 1.29 is 10.2 Å². The molecule has 6 heavy (non-hydrogen) atoms. The smallest absolute Gasteiger partial charge is 0.186 e. The number of rotatable bonds is 1. The number of nitrogens with zero attached hydrogens (tertiary/aromatic N) is 2. The molecule has 0 saturated heterocycles. The quantitative estimate of drug-likeness (QED) is 0.349. The van der Waals surface area contributed by atoms with Crippen LogP contribution in [0.25, 0.3) is 0 Å². The average Bonchev–Trinajstić information content (AvgIpc) is 1.36. The fraction of sp³-hybridized carbons (Fsp3) is 1.00. The Morgan fingerprint density at radius 3 is 2.17 bits per heavy atom. The molecule has 5 heteroatoms. The van der Waals surface area contributed by atoms with Crippen molar-refractivity contribution in [3.8, 4) is 0 Å². The fourth-order valence-electron chi connectivity index (χ4n) is 0. The first kappa shape index (κ1) is 5.16. The van der Waals surface area contributed by atoms with Crippen LogP contribution in [-0.4, -0.2) is 22.5 Å². The van der Waals surface area contributed by atoms with Gasteiger partial charge in [-0.25, -0.2) is 15.3 Å². The molecular weight excluding hydrogens is 88.0 g/mol. The number of nitro groups is 1. The standard InChI is InChI=1S/CH4N2O3/c1-2(4)3(5)6/h4H,1H3. The average molecular weight is 92.1 g/mol. The van der Waals surface area contributed by atoms with Crippen LogP contribution in [0.4, 0.5) is 0 Å². The van der Waals surface area contributed by atoms with Crippen molar-refractivity contribution in [2.75, 3.05) is 7.05 Å². The van der Waals surface area contributed by atoms with Crippen LogP contribution in [0.3, 0.4) is 0 Å². The van der Waals surface area contributed by atoms with Crippen molar-refractivity contribution in [1.82, 2.24) is 5.17 Å². The van der Waals surface area contributed by atoms with Gasteiger partial charge in [-0.1, -0.05) is 0 Å². The summed E-state index contributed by atoms with van der Waals surface area (Å²) < 4.78 is 0. The van der Waals surface area contributed by atoms with E-state index in [1.165, 1.54) is 0 Å². The predicted octanol–water partition coefficient (Wildman–Crippen LogP) is -0.501. The molecule has 0 aliphatic carbocycles. The lowest BCUT2D eigenvalue weighted by molar-refractivity contribution is -0.721. The summed E-state index contributed by atoms with van der Waals surface area (Å²) in [6.07, 6.45) is 0. The third kappa shape index (κ3) is 1.48. The summed E-state index contributed by atoms with van der Waals surface area (Å²) in [6, 6.07) is 0. The van der Waals surface area contributed by atoms with Gasteiger partial charge in [0.25, 0.3) is 0 Å². The van der Waals surface area contributed by atoms with Gasteiger partial charge in [-0.2, -0.15) is 0 Å². The maximum atomic E-state index is 9.18. The molecular formula is CH4N2O3. The Labute approximate surface area is 33.9 Å². The molecule has 5 nitrogen and oxygen atoms in total. The molecule has 0 aliphatic rings. The van der Waals surface area contributed by atoms with Crippen molar-refractivity contribution in [2.45, 2.75) is 0 Å². The first-order valence-corrected chi connectivity index (χ1v) is 1.21. The maximum Gasteiger partial charge on any atom is 0.186 e. The minimum atomic E-state index is -0.944. The zero-order valence-corrected chi connectivity index (χ0v) is 3.16. The lowest BCUT2D eigenvalue weighted by Crippen LogP contribution is -2.19. The summed E-state index contributed by atoms with van der Waals surface area (Å²) in [5, 5.41) is 15.9. The topological polar surface area (TPSA) is 66.6 Å². The second-order valence-corrected chi connectivity index (χ2v) is 0.727. The fourth-order valence-corrected chi connectivity index (χ4v) is 0. The highest BCUT2D eigenvalue weighted by atomic mass is 16.8. The SMILES string of the molecule is CN(O)[N+](=O)[O-]. The largest absolute Gasteiger partial charge is 0.237 e. The molecule has 0 fully saturated rings. The van der Waals surface area contributed by atoms with E-state index in [2.05, 4.69) is 0 Å². The Balaban J connectivity index is 3.26. The van der Waals surface area contributed by atoms with Gasteiger partial charge in [0.2, 0.25) is 0 Å². The zero-order valence-electron chi connectivity index (χ0n) is 3.16. The van der Waals surface area contributed by atoms with E-state index in [4.69, 9.17) is 5.21 Å². The molecule has 0 aromatic heterocycles. The van der Waals surface area contributed by atoms with E-state index in [-0.39, 0.29) is 5.17 Å². The molecule has 0 saturated carbocycles. The molecule has 0 aromatic carbocycles. The molecule has 0 spiro atoms. The molecule has 0 unspecified atom stereocenters. The molecule has 0 aliphatic heterocycles. The monoisotopic (exact) mass is 92.0 g/mol. The van der Waals surface area contributed by atoms with E-state index in [0.29, 0.717) is 0 Å². The van der Waals surface area contributed by atoms with Crippen LogP contribution >= 0.6 is 0 Å². The Morgan fingerprint density at radius 2 is 2.17 bits per heavy atom. The highest BCUT2D eigenvalue weighted by molar-refractivity contribution is 3.94. The first-order chi connectivity index (χ1) is 2.64. The highest BCUT2D eigenvalue weighted by Gasteiger charge is 1.94. The van der Waals surface area contributed by atoms with Crippen LogP contribution < -0.4 is 0 Å². The minimum Gasteiger partial charge on any atom is -0.237 e. The lowest BCUT2D eigenvalue weighted by atomic mass is 11.5. The van der Waals surface area contributed by atoms with E-state index in [1.807, 2.05) is 0 Å². The molecule has 0 amide bonds. The molecule has 0 rings (SSSR count). The van der Waals surface area contributed by atoms with Crippen molar-refractivity contribution in [1.29, 1.82) is 0 Å². The van der Waals surface area contributed by atoms with E-state index in [1.54, 1.807) is 0 Å². The maximum absolute atomic E-state index is 9.18. The van der Waals surface area contributed by atoms with Gasteiger partial charge in [0.1, 0.15) is 0 Å². The van der Waals surface area contributed by atoms with Gasteiger partial charge in [0.15, 0.2) is 5.03 Å². The van der Waals surface area contributed by atoms with Gasteiger partial charge in [-0.15, -0.1) is 0 Å². The summed E-state index contributed by atoms with van der Waals surface area (Å²) in [4.78, 5) is 9.18. The Kier molecular flexibility index (Phi) is 1.34. The minimum absolute atomic E-state index is 0.111. The predicted molar refractivity (Wildman–Crippen MR) is 16.5 cm³/mol. The van der Waals surface area contributed by atoms with Crippen LogP contribution in [0, 0.1) is 10.1 Å². The second kappa shape index (κ2) is 1.56. The summed E-state index contributed by atoms with van der Waals surface area (Å²) in [5.41, 5.74) is 0. The van der Waals surface area contributed by atoms with Crippen LogP contribution in [0.15, 0.2) is 0 Å². The van der Waals surface area contributed by atoms with Crippen molar-refractivity contribution >= 4 is 0 Å². The number of hydrogen-bond acceptors (Lipinski definition) is 3. The summed E-state index contributed by atoms with van der Waals surface area (Å²) in [5.74, 6) is 0. The van der Waals surface area contributed by atoms with Crippen LogP contribution in [0.2, 0.25) is 0 Å². The van der Waals surface area contributed by atoms with E-state index >= 15 is 0 Å². The molecule has 0 atom stereocenters. The lowest BCUT2D eigenvalue weighted by Gasteiger charge is -1.92. The molecule has 0 bridgehead atoms. The van der Waals surface area contributed by atoms with E-state index < -0.39 is 5.03 Å². The number of hydrazine groups is 1. The highest BCUT2D eigenvalue weighted by Crippen LogP contribution is 1.66. The van der Waals surface area contributed by atoms with Crippen LogP contribution in [0.1, 0.15) is 0 Å². The Hall–Kier alpha value is -0.840. The van der Waals surface area contributed by atoms with Gasteiger partial charge in [0, 0.05) is 5.17 Å². The molecule has 36 valence electrons. The molecule has 0 aromatic rings. The third-order valence-corrected chi connectivity index (χ3v) is 0.236. The Morgan fingerprint density at radius 1 is 2.00 bits per heavy atom. The molecule has 1 N–H and O–H groups in total. The molecule has 0 radical (unpaired) electrons. The third-order valence-electron chi connectivity index (χ3n) is 0.236. The van der Waals surface area contributed by atoms with Crippen molar-refractivity contribution in [3.05, 3.63) is 10.1 Å². The Bertz CT molecular complexity index is 59.8. The number of hydrogen-bond donors (Lipinski definition) is 1. The van der Waals surface area contributed by atoms with Crippen LogP contribution in [-0.2, 0) is 0 Å².